The van der Waals surface area contributed by atoms with E-state index in [4.69, 9.17) is 23.4 Å². The maximum Gasteiger partial charge on any atom is 0.0810 e. The summed E-state index contributed by atoms with van der Waals surface area (Å²) in [6.07, 6.45) is 5.30. The molecule has 0 saturated carbocycles. The molecule has 0 aliphatic carbocycles. The van der Waals surface area contributed by atoms with Gasteiger partial charge in [0.25, 0.3) is 6.33 Å². The smallest absolute Gasteiger partial charge is 0.0810 e. The zero-order valence-corrected chi connectivity index (χ0v) is 47.5. The number of benzene rings is 8. The summed E-state index contributed by atoms with van der Waals surface area (Å²) in [6, 6.07) is 41.7. The van der Waals surface area contributed by atoms with Crippen LogP contribution in [-0.4, -0.2) is 40.7 Å². The van der Waals surface area contributed by atoms with Gasteiger partial charge in [0.05, 0.1) is 30.4 Å². The number of rotatable bonds is 8. The molecule has 358 valence electrons. The van der Waals surface area contributed by atoms with Crippen molar-refractivity contribution in [3.63, 3.8) is 0 Å². The molecule has 0 bridgehead atoms. The van der Waals surface area contributed by atoms with Gasteiger partial charge >= 0.3 is 217 Å². The van der Waals surface area contributed by atoms with E-state index in [1.54, 1.807) is 42.2 Å². The van der Waals surface area contributed by atoms with E-state index in [2.05, 4.69) is 121 Å². The first-order chi connectivity index (χ1) is 38.4. The molecule has 5 nitrogen and oxygen atoms in total. The minimum Gasteiger partial charge on any atom is -0.173 e. The maximum atomic E-state index is 9.07. The molecule has 11 aromatic rings. The third-order valence-electron chi connectivity index (χ3n) is 14.3. The fourth-order valence-corrected chi connectivity index (χ4v) is 40.7. The molecule has 1 aliphatic rings. The van der Waals surface area contributed by atoms with Gasteiger partial charge in [-0.25, -0.2) is 0 Å². The number of hydrogen-bond donors (Lipinski definition) is 0. The van der Waals surface area contributed by atoms with Crippen LogP contribution < -0.4 is 18.1 Å². The maximum absolute atomic E-state index is 9.07. The molecule has 0 amide bonds. The van der Waals surface area contributed by atoms with Crippen LogP contribution in [0, 0.1) is 18.5 Å². The van der Waals surface area contributed by atoms with E-state index in [1.165, 1.54) is 21.6 Å². The van der Waals surface area contributed by atoms with Crippen LogP contribution in [0.5, 0.6) is 11.5 Å². The van der Waals surface area contributed by atoms with E-state index in [9.17, 15) is 0 Å². The molecular weight excluding hydrogens is 1180 g/mol. The molecule has 0 radical (unpaired) electrons. The average molecular weight is 1250 g/mol. The molecule has 4 heterocycles. The first-order valence-corrected chi connectivity index (χ1v) is 37.5. The van der Waals surface area contributed by atoms with E-state index in [0.717, 1.165) is 33.2 Å². The second-order valence-electron chi connectivity index (χ2n) is 20.8. The summed E-state index contributed by atoms with van der Waals surface area (Å²) in [7, 11) is 0. The van der Waals surface area contributed by atoms with Crippen LogP contribution >= 0.6 is 0 Å². The third kappa shape index (κ3) is 8.61. The molecule has 8 heteroatoms. The number of para-hydroxylation sites is 3. The van der Waals surface area contributed by atoms with Crippen molar-refractivity contribution in [1.29, 1.82) is 0 Å². The van der Waals surface area contributed by atoms with Gasteiger partial charge in [0.2, 0.25) is 0 Å². The molecular formula is C64H56Ge2N4OPt-2. The van der Waals surface area contributed by atoms with E-state index in [1.807, 2.05) is 48.7 Å². The summed E-state index contributed by atoms with van der Waals surface area (Å²) in [5.41, 5.74) is 7.06. The Bertz CT molecular complexity index is 4330. The van der Waals surface area contributed by atoms with Crippen LogP contribution in [0.4, 0.5) is 0 Å². The van der Waals surface area contributed by atoms with Gasteiger partial charge in [-0.2, -0.15) is 12.1 Å². The summed E-state index contributed by atoms with van der Waals surface area (Å²) < 4.78 is 103. The van der Waals surface area contributed by atoms with Crippen molar-refractivity contribution in [2.24, 2.45) is 0 Å². The number of pyridine rings is 1. The Kier molecular flexibility index (Phi) is 9.72. The fourth-order valence-electron chi connectivity index (χ4n) is 10.3. The van der Waals surface area contributed by atoms with Gasteiger partial charge in [0.15, 0.2) is 0 Å². The summed E-state index contributed by atoms with van der Waals surface area (Å²) in [6.45, 7) is 6.58. The largest absolute Gasteiger partial charge is 0.173 e. The van der Waals surface area contributed by atoms with Crippen molar-refractivity contribution >= 4 is 68.2 Å². The molecule has 0 fully saturated rings. The van der Waals surface area contributed by atoms with Gasteiger partial charge < -0.3 is 4.57 Å². The Morgan fingerprint density at radius 3 is 1.99 bits per heavy atom. The predicted molar refractivity (Wildman–Crippen MR) is 299 cm³/mol. The topological polar surface area (TPSA) is 35.9 Å². The Morgan fingerprint density at radius 1 is 0.611 bits per heavy atom. The van der Waals surface area contributed by atoms with E-state index in [0.29, 0.717) is 28.2 Å². The summed E-state index contributed by atoms with van der Waals surface area (Å²) >= 11 is -4.28. The molecule has 8 aromatic carbocycles. The SMILES string of the molecule is [2H]c1c([2H])c([2H])c(-c2cccc(-c3c([2H])c([2H])c([2H])c([2H])c3[2H])c2-[n+]2[c-]n(-c3[c-]c(Oc4[c-]c5c(cc4)c4cc(-c6cc[c]7[c](c6)[Ge]([CH3])([CH3])[CH2][CH2][Ge]7([CH3])[CH3])ccc4n5-c4cc(C(C)(C)C)ccn4)ccc3)c3ccccc32)c([2H])c1[2H].[Pt]. The number of aromatic nitrogens is 4. The molecule has 0 spiro atoms. The van der Waals surface area contributed by atoms with Crippen molar-refractivity contribution in [3.05, 3.63) is 212 Å². The number of imidazole rings is 1. The molecule has 12 rings (SSSR count). The van der Waals surface area contributed by atoms with Crippen LogP contribution in [0.25, 0.3) is 83.4 Å². The van der Waals surface area contributed by atoms with E-state index < -0.39 is 87.0 Å². The quantitative estimate of drug-likeness (QED) is 0.0863. The minimum atomic E-state index is -2.19. The zero-order chi connectivity index (χ0) is 57.4. The van der Waals surface area contributed by atoms with Gasteiger partial charge in [-0.05, 0) is 27.9 Å². The van der Waals surface area contributed by atoms with Crippen LogP contribution in [0.1, 0.15) is 40.0 Å². The first kappa shape index (κ1) is 37.5. The number of ether oxygens (including phenoxy) is 1. The minimum absolute atomic E-state index is 0. The standard InChI is InChI=1S/C64H56Ge2N4O.Pt/c1-64(2,3)48-34-37-67-62(40-48)70-58-33-29-46(47-28-32-56-57(39-47)66(6,7)36-35-65(56,4)5)38-55(58)54-31-30-51(42-61(54)70)71-50-23-16-22-49(41-50)68-43-69(60-27-15-14-26-59(60)68)63-52(44-18-10-8-11-19-44)24-17-25-53(63)45-20-12-9-13-21-45;/h8-34,37-40H,35-36H2,1-7H3;/q-2;/i8D,9D,10D,11D,12D,13D,18D,19D,20D,21D;. The Hall–Kier alpha value is -6.25. The second kappa shape index (κ2) is 18.7. The van der Waals surface area contributed by atoms with Gasteiger partial charge in [0, 0.05) is 21.1 Å². The predicted octanol–water partition coefficient (Wildman–Crippen LogP) is 14.7. The summed E-state index contributed by atoms with van der Waals surface area (Å²) in [4.78, 5) is 4.96. The second-order valence-corrected chi connectivity index (χ2v) is 41.0. The monoisotopic (exact) mass is 1250 g/mol. The van der Waals surface area contributed by atoms with Gasteiger partial charge in [-0.15, -0.1) is 12.1 Å². The number of nitrogens with zero attached hydrogens (tertiary/aromatic N) is 4. The molecule has 0 N–H and O–H groups in total. The van der Waals surface area contributed by atoms with Gasteiger partial charge in [0.1, 0.15) is 0 Å². The van der Waals surface area contributed by atoms with Crippen molar-refractivity contribution in [2.45, 2.75) is 59.7 Å². The Morgan fingerprint density at radius 2 is 1.26 bits per heavy atom. The van der Waals surface area contributed by atoms with Crippen LogP contribution in [0.3, 0.4) is 0 Å². The Labute approximate surface area is 457 Å². The first-order valence-electron chi connectivity index (χ1n) is 29.0. The zero-order valence-electron chi connectivity index (χ0n) is 51.1. The molecule has 0 atom stereocenters. The average Bonchev–Trinajstić information content (AvgIpc) is 3.77. The number of hydrogen-bond acceptors (Lipinski definition) is 2. The third-order valence-corrected chi connectivity index (χ3v) is 31.7. The fraction of sp³-hybridized carbons (Fsp3) is 0.156. The van der Waals surface area contributed by atoms with E-state index >= 15 is 0 Å². The van der Waals surface area contributed by atoms with Crippen LogP contribution in [0.2, 0.25) is 33.5 Å². The van der Waals surface area contributed by atoms with Crippen molar-refractivity contribution in [2.75, 3.05) is 0 Å². The Balaban J connectivity index is 0.00000705. The molecule has 1 aliphatic heterocycles. The van der Waals surface area contributed by atoms with Crippen molar-refractivity contribution in [3.8, 4) is 62.1 Å². The molecule has 0 saturated heterocycles. The van der Waals surface area contributed by atoms with Crippen molar-refractivity contribution in [1.82, 2.24) is 14.1 Å². The van der Waals surface area contributed by atoms with Crippen molar-refractivity contribution < 1.29 is 44.1 Å². The molecule has 0 unspecified atom stereocenters. The normalized spacial score (nSPS) is 16.0. The van der Waals surface area contributed by atoms with E-state index in [-0.39, 0.29) is 54.4 Å². The number of fused-ring (bicyclic) bond motifs is 5. The summed E-state index contributed by atoms with van der Waals surface area (Å²) in [5.74, 6) is 11.8. The summed E-state index contributed by atoms with van der Waals surface area (Å²) in [5, 5.41) is 4.88. The van der Waals surface area contributed by atoms with Gasteiger partial charge in [-0.3, -0.25) is 4.57 Å². The van der Waals surface area contributed by atoms with Gasteiger partial charge in [-0.1, -0.05) is 124 Å². The molecule has 72 heavy (non-hydrogen) atoms. The van der Waals surface area contributed by atoms with Crippen LogP contribution in [0.15, 0.2) is 188 Å². The van der Waals surface area contributed by atoms with Crippen LogP contribution in [-0.2, 0) is 26.5 Å². The molecule has 3 aromatic heterocycles.